The molecule has 96 valence electrons. The molecule has 0 aliphatic heterocycles. The third-order valence-corrected chi connectivity index (χ3v) is 4.10. The fourth-order valence-electron chi connectivity index (χ4n) is 1.80. The molecule has 1 aromatic rings. The first-order valence-electron chi connectivity index (χ1n) is 6.31. The third kappa shape index (κ3) is 6.35. The average Bonchev–Trinajstić information content (AvgIpc) is 2.29. The standard InChI is InChI=1S/C14H22ClNS/c1-3-8-17-11-14(16-4-2)10-12-6-5-7-13(15)9-12/h5-7,9,14,16H,3-4,8,10-11H2,1-2H3. The molecule has 1 atom stereocenters. The summed E-state index contributed by atoms with van der Waals surface area (Å²) in [4.78, 5) is 0. The van der Waals surface area contributed by atoms with Crippen molar-refractivity contribution < 1.29 is 0 Å². The molecule has 1 N–H and O–H groups in total. The van der Waals surface area contributed by atoms with Crippen molar-refractivity contribution >= 4 is 23.4 Å². The molecule has 17 heavy (non-hydrogen) atoms. The summed E-state index contributed by atoms with van der Waals surface area (Å²) in [5, 5.41) is 4.38. The molecule has 1 unspecified atom stereocenters. The summed E-state index contributed by atoms with van der Waals surface area (Å²) in [6.45, 7) is 5.42. The van der Waals surface area contributed by atoms with E-state index in [0.29, 0.717) is 6.04 Å². The van der Waals surface area contributed by atoms with Gasteiger partial charge in [-0.15, -0.1) is 0 Å². The Hall–Kier alpha value is -0.180. The van der Waals surface area contributed by atoms with E-state index in [1.165, 1.54) is 23.5 Å². The lowest BCUT2D eigenvalue weighted by atomic mass is 10.1. The summed E-state index contributed by atoms with van der Waals surface area (Å²) in [7, 11) is 0. The highest BCUT2D eigenvalue weighted by Crippen LogP contribution is 2.14. The number of likely N-dealkylation sites (N-methyl/N-ethyl adjacent to an activating group) is 1. The van der Waals surface area contributed by atoms with Crippen molar-refractivity contribution in [2.45, 2.75) is 32.7 Å². The highest BCUT2D eigenvalue weighted by molar-refractivity contribution is 7.99. The SMILES string of the molecule is CCCSCC(Cc1cccc(Cl)c1)NCC. The normalized spacial score (nSPS) is 12.6. The number of benzene rings is 1. The largest absolute Gasteiger partial charge is 0.313 e. The van der Waals surface area contributed by atoms with E-state index in [4.69, 9.17) is 11.6 Å². The van der Waals surface area contributed by atoms with Gasteiger partial charge in [-0.3, -0.25) is 0 Å². The van der Waals surface area contributed by atoms with E-state index in [1.54, 1.807) is 0 Å². The van der Waals surface area contributed by atoms with Crippen LogP contribution in [-0.2, 0) is 6.42 Å². The molecule has 0 spiro atoms. The van der Waals surface area contributed by atoms with E-state index in [-0.39, 0.29) is 0 Å². The lowest BCUT2D eigenvalue weighted by Crippen LogP contribution is -2.33. The Balaban J connectivity index is 2.47. The molecule has 0 aliphatic rings. The van der Waals surface area contributed by atoms with Gasteiger partial charge in [0.05, 0.1) is 0 Å². The quantitative estimate of drug-likeness (QED) is 0.717. The summed E-state index contributed by atoms with van der Waals surface area (Å²) in [6, 6.07) is 8.73. The first kappa shape index (κ1) is 14.9. The molecule has 0 heterocycles. The van der Waals surface area contributed by atoms with Crippen molar-refractivity contribution in [2.75, 3.05) is 18.1 Å². The van der Waals surface area contributed by atoms with Gasteiger partial charge in [0.1, 0.15) is 0 Å². The van der Waals surface area contributed by atoms with Crippen LogP contribution in [0.25, 0.3) is 0 Å². The Morgan fingerprint density at radius 2 is 2.18 bits per heavy atom. The van der Waals surface area contributed by atoms with Gasteiger partial charge in [-0.2, -0.15) is 11.8 Å². The molecule has 0 aromatic heterocycles. The highest BCUT2D eigenvalue weighted by atomic mass is 35.5. The van der Waals surface area contributed by atoms with E-state index in [2.05, 4.69) is 31.3 Å². The van der Waals surface area contributed by atoms with Gasteiger partial charge < -0.3 is 5.32 Å². The Morgan fingerprint density at radius 3 is 2.82 bits per heavy atom. The molecule has 0 fully saturated rings. The number of hydrogen-bond donors (Lipinski definition) is 1. The zero-order valence-electron chi connectivity index (χ0n) is 10.7. The van der Waals surface area contributed by atoms with E-state index in [9.17, 15) is 0 Å². The number of thioether (sulfide) groups is 1. The van der Waals surface area contributed by atoms with Gasteiger partial charge in [0.2, 0.25) is 0 Å². The van der Waals surface area contributed by atoms with E-state index in [1.807, 2.05) is 23.9 Å². The predicted molar refractivity (Wildman–Crippen MR) is 80.2 cm³/mol. The summed E-state index contributed by atoms with van der Waals surface area (Å²) in [5.74, 6) is 2.42. The second kappa shape index (κ2) is 8.84. The monoisotopic (exact) mass is 271 g/mol. The topological polar surface area (TPSA) is 12.0 Å². The van der Waals surface area contributed by atoms with Gasteiger partial charge in [-0.05, 0) is 42.8 Å². The van der Waals surface area contributed by atoms with Crippen molar-refractivity contribution in [3.05, 3.63) is 34.9 Å². The molecule has 0 radical (unpaired) electrons. The summed E-state index contributed by atoms with van der Waals surface area (Å²) >= 11 is 8.04. The zero-order valence-corrected chi connectivity index (χ0v) is 12.3. The molecule has 0 saturated carbocycles. The molecule has 0 bridgehead atoms. The van der Waals surface area contributed by atoms with Crippen molar-refractivity contribution in [1.82, 2.24) is 5.32 Å². The van der Waals surface area contributed by atoms with Gasteiger partial charge >= 0.3 is 0 Å². The number of nitrogens with one attached hydrogen (secondary N) is 1. The first-order chi connectivity index (χ1) is 8.26. The van der Waals surface area contributed by atoms with Gasteiger partial charge in [0, 0.05) is 16.8 Å². The smallest absolute Gasteiger partial charge is 0.0408 e. The van der Waals surface area contributed by atoms with E-state index < -0.39 is 0 Å². The van der Waals surface area contributed by atoms with Crippen LogP contribution in [-0.4, -0.2) is 24.1 Å². The average molecular weight is 272 g/mol. The van der Waals surface area contributed by atoms with Gasteiger partial charge in [-0.25, -0.2) is 0 Å². The second-order valence-corrected chi connectivity index (χ2v) is 5.75. The molecule has 1 rings (SSSR count). The molecule has 3 heteroatoms. The third-order valence-electron chi connectivity index (χ3n) is 2.53. The minimum atomic E-state index is 0.551. The Labute approximate surface area is 114 Å². The first-order valence-corrected chi connectivity index (χ1v) is 7.85. The molecular weight excluding hydrogens is 250 g/mol. The number of hydrogen-bond acceptors (Lipinski definition) is 2. The van der Waals surface area contributed by atoms with Crippen LogP contribution in [0.15, 0.2) is 24.3 Å². The summed E-state index contributed by atoms with van der Waals surface area (Å²) in [5.41, 5.74) is 1.32. The fraction of sp³-hybridized carbons (Fsp3) is 0.571. The fourth-order valence-corrected chi connectivity index (χ4v) is 2.99. The van der Waals surface area contributed by atoms with E-state index >= 15 is 0 Å². The van der Waals surface area contributed by atoms with Crippen LogP contribution in [0.2, 0.25) is 5.02 Å². The Bertz CT molecular complexity index is 317. The molecule has 0 aliphatic carbocycles. The van der Waals surface area contributed by atoms with Crippen LogP contribution in [0.5, 0.6) is 0 Å². The maximum absolute atomic E-state index is 6.01. The van der Waals surface area contributed by atoms with Gasteiger partial charge in [0.25, 0.3) is 0 Å². The lowest BCUT2D eigenvalue weighted by molar-refractivity contribution is 0.572. The zero-order chi connectivity index (χ0) is 12.5. The van der Waals surface area contributed by atoms with Crippen molar-refractivity contribution in [1.29, 1.82) is 0 Å². The molecule has 0 saturated heterocycles. The Kier molecular flexibility index (Phi) is 7.74. The minimum Gasteiger partial charge on any atom is -0.313 e. The molecule has 0 amide bonds. The summed E-state index contributed by atoms with van der Waals surface area (Å²) < 4.78 is 0. The van der Waals surface area contributed by atoms with E-state index in [0.717, 1.165) is 18.0 Å². The van der Waals surface area contributed by atoms with Crippen LogP contribution in [0.4, 0.5) is 0 Å². The van der Waals surface area contributed by atoms with Gasteiger partial charge in [-0.1, -0.05) is 37.6 Å². The number of rotatable bonds is 8. The van der Waals surface area contributed by atoms with Crippen LogP contribution in [0.1, 0.15) is 25.8 Å². The summed E-state index contributed by atoms with van der Waals surface area (Å²) in [6.07, 6.45) is 2.31. The minimum absolute atomic E-state index is 0.551. The maximum atomic E-state index is 6.01. The van der Waals surface area contributed by atoms with Crippen LogP contribution < -0.4 is 5.32 Å². The van der Waals surface area contributed by atoms with Crippen LogP contribution >= 0.6 is 23.4 Å². The molecular formula is C14H22ClNS. The number of halogens is 1. The second-order valence-electron chi connectivity index (χ2n) is 4.16. The Morgan fingerprint density at radius 1 is 1.35 bits per heavy atom. The maximum Gasteiger partial charge on any atom is 0.0408 e. The van der Waals surface area contributed by atoms with Crippen molar-refractivity contribution in [3.8, 4) is 0 Å². The van der Waals surface area contributed by atoms with Crippen LogP contribution in [0.3, 0.4) is 0 Å². The van der Waals surface area contributed by atoms with Gasteiger partial charge in [0.15, 0.2) is 0 Å². The molecule has 1 aromatic carbocycles. The molecule has 1 nitrogen and oxygen atoms in total. The highest BCUT2D eigenvalue weighted by Gasteiger charge is 2.08. The van der Waals surface area contributed by atoms with Crippen LogP contribution in [0, 0.1) is 0 Å². The lowest BCUT2D eigenvalue weighted by Gasteiger charge is -2.17. The predicted octanol–water partition coefficient (Wildman–Crippen LogP) is 4.00. The van der Waals surface area contributed by atoms with Crippen molar-refractivity contribution in [2.24, 2.45) is 0 Å². The van der Waals surface area contributed by atoms with Crippen molar-refractivity contribution in [3.63, 3.8) is 0 Å².